The van der Waals surface area contributed by atoms with Crippen molar-refractivity contribution in [2.75, 3.05) is 5.32 Å². The van der Waals surface area contributed by atoms with Crippen molar-refractivity contribution in [2.24, 2.45) is 0 Å². The zero-order chi connectivity index (χ0) is 14.0. The lowest BCUT2D eigenvalue weighted by Gasteiger charge is -2.05. The van der Waals surface area contributed by atoms with Crippen molar-refractivity contribution in [2.45, 2.75) is 13.8 Å². The van der Waals surface area contributed by atoms with Crippen LogP contribution in [0.15, 0.2) is 18.2 Å². The van der Waals surface area contributed by atoms with Crippen molar-refractivity contribution >= 4 is 34.4 Å². The van der Waals surface area contributed by atoms with Gasteiger partial charge in [0.2, 0.25) is 5.95 Å². The number of aryl methyl sites for hydroxylation is 2. The fourth-order valence-corrected chi connectivity index (χ4v) is 1.67. The Kier molecular flexibility index (Phi) is 3.93. The number of rotatable bonds is 2. The number of aromatic hydroxyl groups is 1. The van der Waals surface area contributed by atoms with Crippen molar-refractivity contribution in [1.82, 2.24) is 15.2 Å². The molecule has 1 amide bonds. The van der Waals surface area contributed by atoms with Gasteiger partial charge >= 0.3 is 0 Å². The van der Waals surface area contributed by atoms with E-state index in [1.54, 1.807) is 26.0 Å². The van der Waals surface area contributed by atoms with Gasteiger partial charge in [-0.15, -0.1) is 5.10 Å². The molecule has 2 N–H and O–H groups in total. The predicted octanol–water partition coefficient (Wildman–Crippen LogP) is 2.05. The van der Waals surface area contributed by atoms with Gasteiger partial charge in [0, 0.05) is 5.56 Å². The fourth-order valence-electron chi connectivity index (χ4n) is 1.34. The molecule has 0 spiro atoms. The molecule has 0 bridgehead atoms. The molecule has 0 radical (unpaired) electrons. The highest BCUT2D eigenvalue weighted by Gasteiger charge is 2.11. The maximum Gasteiger partial charge on any atom is 0.258 e. The van der Waals surface area contributed by atoms with E-state index in [0.717, 1.165) is 0 Å². The summed E-state index contributed by atoms with van der Waals surface area (Å²) in [4.78, 5) is 16.1. The van der Waals surface area contributed by atoms with Crippen LogP contribution in [0.4, 0.5) is 5.95 Å². The van der Waals surface area contributed by atoms with Gasteiger partial charge in [-0.3, -0.25) is 10.1 Å². The second kappa shape index (κ2) is 5.47. The van der Waals surface area contributed by atoms with Crippen LogP contribution >= 0.6 is 22.6 Å². The van der Waals surface area contributed by atoms with Crippen molar-refractivity contribution in [3.8, 4) is 5.75 Å². The first-order chi connectivity index (χ1) is 8.97. The normalized spacial score (nSPS) is 10.3. The number of benzene rings is 1. The number of halogens is 1. The van der Waals surface area contributed by atoms with Crippen LogP contribution in [0.1, 0.15) is 21.7 Å². The van der Waals surface area contributed by atoms with Crippen molar-refractivity contribution < 1.29 is 9.90 Å². The molecule has 98 valence electrons. The van der Waals surface area contributed by atoms with Crippen LogP contribution in [-0.4, -0.2) is 26.2 Å². The minimum Gasteiger partial charge on any atom is -0.507 e. The van der Waals surface area contributed by atoms with E-state index in [2.05, 4.69) is 20.5 Å². The molecule has 0 aliphatic carbocycles. The van der Waals surface area contributed by atoms with Crippen molar-refractivity contribution in [3.63, 3.8) is 0 Å². The highest BCUT2D eigenvalue weighted by molar-refractivity contribution is 14.1. The molecule has 0 aliphatic heterocycles. The van der Waals surface area contributed by atoms with E-state index in [-0.39, 0.29) is 11.7 Å². The molecule has 0 fully saturated rings. The minimum atomic E-state index is -0.392. The van der Waals surface area contributed by atoms with Gasteiger partial charge in [-0.05, 0) is 54.6 Å². The number of carbonyl (C=O) groups is 1. The van der Waals surface area contributed by atoms with E-state index in [0.29, 0.717) is 20.5 Å². The van der Waals surface area contributed by atoms with Gasteiger partial charge in [-0.2, -0.15) is 5.10 Å². The Bertz CT molecular complexity index is 646. The summed E-state index contributed by atoms with van der Waals surface area (Å²) >= 11 is 1.98. The van der Waals surface area contributed by atoms with Gasteiger partial charge < -0.3 is 5.11 Å². The van der Waals surface area contributed by atoms with Gasteiger partial charge in [0.05, 0.1) is 15.0 Å². The lowest BCUT2D eigenvalue weighted by molar-refractivity contribution is 0.102. The van der Waals surface area contributed by atoms with Crippen LogP contribution < -0.4 is 5.32 Å². The highest BCUT2D eigenvalue weighted by Crippen LogP contribution is 2.20. The highest BCUT2D eigenvalue weighted by atomic mass is 127. The number of nitrogens with one attached hydrogen (secondary N) is 1. The molecule has 0 saturated heterocycles. The third-order valence-corrected chi connectivity index (χ3v) is 3.44. The Hall–Kier alpha value is -1.77. The summed E-state index contributed by atoms with van der Waals surface area (Å²) in [6.07, 6.45) is 0. The van der Waals surface area contributed by atoms with Crippen LogP contribution in [0, 0.1) is 17.4 Å². The van der Waals surface area contributed by atoms with Crippen LogP contribution in [-0.2, 0) is 0 Å². The zero-order valence-corrected chi connectivity index (χ0v) is 12.5. The molecule has 0 aliphatic rings. The summed E-state index contributed by atoms with van der Waals surface area (Å²) in [5.74, 6) is -0.185. The van der Waals surface area contributed by atoms with Crippen molar-refractivity contribution in [3.05, 3.63) is 38.7 Å². The van der Waals surface area contributed by atoms with E-state index in [1.807, 2.05) is 22.6 Å². The monoisotopic (exact) mass is 370 g/mol. The summed E-state index contributed by atoms with van der Waals surface area (Å²) in [6.45, 7) is 3.58. The summed E-state index contributed by atoms with van der Waals surface area (Å²) < 4.78 is 0.679. The Morgan fingerprint density at radius 2 is 2.00 bits per heavy atom. The Labute approximate surface area is 123 Å². The largest absolute Gasteiger partial charge is 0.507 e. The average Bonchev–Trinajstić information content (AvgIpc) is 2.37. The third kappa shape index (κ3) is 3.16. The number of anilines is 1. The van der Waals surface area contributed by atoms with E-state index in [4.69, 9.17) is 0 Å². The smallest absolute Gasteiger partial charge is 0.258 e. The molecule has 2 aromatic rings. The summed E-state index contributed by atoms with van der Waals surface area (Å²) in [5, 5.41) is 19.8. The first-order valence-electron chi connectivity index (χ1n) is 5.45. The van der Waals surface area contributed by atoms with Gasteiger partial charge in [0.25, 0.3) is 5.91 Å². The Morgan fingerprint density at radius 3 is 2.63 bits per heavy atom. The van der Waals surface area contributed by atoms with Crippen LogP contribution in [0.3, 0.4) is 0 Å². The van der Waals surface area contributed by atoms with E-state index in [1.165, 1.54) is 6.07 Å². The fraction of sp³-hybridized carbons (Fsp3) is 0.167. The molecule has 19 heavy (non-hydrogen) atoms. The lowest BCUT2D eigenvalue weighted by atomic mass is 10.2. The average molecular weight is 370 g/mol. The van der Waals surface area contributed by atoms with E-state index in [9.17, 15) is 9.90 Å². The summed E-state index contributed by atoms with van der Waals surface area (Å²) in [6, 6.07) is 4.67. The van der Waals surface area contributed by atoms with Gasteiger partial charge in [0.15, 0.2) is 0 Å². The quantitative estimate of drug-likeness (QED) is 0.791. The summed E-state index contributed by atoms with van der Waals surface area (Å²) in [7, 11) is 0. The number of carbonyl (C=O) groups excluding carboxylic acids is 1. The van der Waals surface area contributed by atoms with Gasteiger partial charge in [-0.25, -0.2) is 4.98 Å². The first-order valence-corrected chi connectivity index (χ1v) is 6.53. The summed E-state index contributed by atoms with van der Waals surface area (Å²) in [5.41, 5.74) is 1.75. The molecule has 0 unspecified atom stereocenters. The lowest BCUT2D eigenvalue weighted by Crippen LogP contribution is -2.15. The van der Waals surface area contributed by atoms with E-state index >= 15 is 0 Å². The molecular formula is C12H11IN4O2. The molecule has 7 heteroatoms. The number of amides is 1. The van der Waals surface area contributed by atoms with Crippen LogP contribution in [0.5, 0.6) is 5.75 Å². The minimum absolute atomic E-state index is 0.0624. The van der Waals surface area contributed by atoms with Crippen molar-refractivity contribution in [1.29, 1.82) is 0 Å². The maximum atomic E-state index is 11.9. The van der Waals surface area contributed by atoms with Crippen LogP contribution in [0.25, 0.3) is 0 Å². The van der Waals surface area contributed by atoms with E-state index < -0.39 is 5.91 Å². The Balaban J connectivity index is 2.20. The number of hydrogen-bond donors (Lipinski definition) is 2. The zero-order valence-electron chi connectivity index (χ0n) is 10.3. The molecular weight excluding hydrogens is 359 g/mol. The topological polar surface area (TPSA) is 88.0 Å². The number of phenols is 1. The molecule has 1 heterocycles. The standard InChI is InChI=1S/C12H11IN4O2/c1-6-7(2)16-17-12(14-6)15-11(19)8-3-4-9(13)10(18)5-8/h3-5,18H,1-2H3,(H,14,15,17,19). The number of hydrogen-bond acceptors (Lipinski definition) is 5. The second-order valence-corrected chi connectivity index (χ2v) is 5.09. The maximum absolute atomic E-state index is 11.9. The molecule has 1 aromatic heterocycles. The Morgan fingerprint density at radius 1 is 1.26 bits per heavy atom. The second-order valence-electron chi connectivity index (χ2n) is 3.93. The van der Waals surface area contributed by atoms with Crippen LogP contribution in [0.2, 0.25) is 0 Å². The molecule has 0 saturated carbocycles. The molecule has 1 aromatic carbocycles. The number of aromatic nitrogens is 3. The molecule has 0 atom stereocenters. The van der Waals surface area contributed by atoms with Gasteiger partial charge in [-0.1, -0.05) is 0 Å². The number of nitrogens with zero attached hydrogens (tertiary/aromatic N) is 3. The molecule has 6 nitrogen and oxygen atoms in total. The number of phenolic OH excluding ortho intramolecular Hbond substituents is 1. The molecule has 2 rings (SSSR count). The van der Waals surface area contributed by atoms with Gasteiger partial charge in [0.1, 0.15) is 5.75 Å². The predicted molar refractivity (Wildman–Crippen MR) is 78.1 cm³/mol. The third-order valence-electron chi connectivity index (χ3n) is 2.53. The SMILES string of the molecule is Cc1nnc(NC(=O)c2ccc(I)c(O)c2)nc1C. The first kappa shape index (κ1) is 13.7.